The Bertz CT molecular complexity index is 706. The third-order valence-electron chi connectivity index (χ3n) is 2.94. The maximum absolute atomic E-state index is 11.9. The molecule has 1 N–H and O–H groups in total. The lowest BCUT2D eigenvalue weighted by Gasteiger charge is -2.12. The molecule has 1 fully saturated rings. The van der Waals surface area contributed by atoms with Gasteiger partial charge in [0.05, 0.1) is 10.7 Å². The first-order chi connectivity index (χ1) is 10.5. The quantitative estimate of drug-likeness (QED) is 0.355. The minimum atomic E-state index is -0.452. The molecule has 1 aromatic carbocycles. The van der Waals surface area contributed by atoms with Gasteiger partial charge in [-0.25, -0.2) is 4.79 Å². The van der Waals surface area contributed by atoms with Gasteiger partial charge in [0.2, 0.25) is 0 Å². The number of hydrogen-bond donors (Lipinski definition) is 1. The summed E-state index contributed by atoms with van der Waals surface area (Å²) in [6.45, 7) is 0.131. The second-order valence-corrected chi connectivity index (χ2v) is 5.54. The van der Waals surface area contributed by atoms with Crippen molar-refractivity contribution in [2.75, 3.05) is 20.8 Å². The smallest absolute Gasteiger partial charge is 0.328 e. The van der Waals surface area contributed by atoms with E-state index in [0.29, 0.717) is 17.1 Å². The number of carbonyl (C=O) groups is 2. The number of ether oxygens (including phenoxy) is 2. The maximum atomic E-state index is 11.9. The first-order valence-electron chi connectivity index (χ1n) is 6.22. The van der Waals surface area contributed by atoms with Gasteiger partial charge >= 0.3 is 6.03 Å². The zero-order chi connectivity index (χ0) is 16.3. The summed E-state index contributed by atoms with van der Waals surface area (Å²) in [6.07, 6.45) is 6.77. The van der Waals surface area contributed by atoms with Gasteiger partial charge in [-0.05, 0) is 46.4 Å². The molecule has 0 saturated carbocycles. The minimum absolute atomic E-state index is 0.131. The molecule has 1 aromatic rings. The van der Waals surface area contributed by atoms with Crippen LogP contribution < -0.4 is 14.8 Å². The van der Waals surface area contributed by atoms with E-state index in [1.165, 1.54) is 14.2 Å². The monoisotopic (exact) mass is 412 g/mol. The van der Waals surface area contributed by atoms with Gasteiger partial charge in [-0.2, -0.15) is 0 Å². The number of nitrogens with zero attached hydrogens (tertiary/aromatic N) is 1. The van der Waals surface area contributed by atoms with Crippen LogP contribution in [0.1, 0.15) is 5.56 Å². The molecule has 0 bridgehead atoms. The lowest BCUT2D eigenvalue weighted by atomic mass is 10.1. The number of amides is 3. The Morgan fingerprint density at radius 1 is 1.45 bits per heavy atom. The second-order valence-electron chi connectivity index (χ2n) is 4.38. The highest BCUT2D eigenvalue weighted by Gasteiger charge is 2.30. The van der Waals surface area contributed by atoms with Crippen molar-refractivity contribution < 1.29 is 19.1 Å². The number of methoxy groups -OCH3 is 1. The Balaban J connectivity index is 2.38. The molecular weight excluding hydrogens is 399 g/mol. The van der Waals surface area contributed by atoms with Crippen molar-refractivity contribution in [2.24, 2.45) is 0 Å². The fourth-order valence-electron chi connectivity index (χ4n) is 1.87. The standard InChI is InChI=1S/C15H13IN2O4/c1-4-5-22-13-10(16)6-9(8-12(13)21-3)7-11-14(19)18(2)15(20)17-11/h1,6-8H,5H2,2-3H3,(H,17,20)/b11-7+. The third kappa shape index (κ3) is 3.17. The third-order valence-corrected chi connectivity index (χ3v) is 3.75. The van der Waals surface area contributed by atoms with E-state index in [1.807, 2.05) is 0 Å². The normalized spacial score (nSPS) is 15.7. The van der Waals surface area contributed by atoms with E-state index >= 15 is 0 Å². The molecule has 1 heterocycles. The molecule has 1 aliphatic heterocycles. The van der Waals surface area contributed by atoms with Crippen LogP contribution in [0.5, 0.6) is 11.5 Å². The van der Waals surface area contributed by atoms with Crippen LogP contribution in [0.4, 0.5) is 4.79 Å². The Kier molecular flexibility index (Phi) is 4.92. The van der Waals surface area contributed by atoms with Crippen LogP contribution in [0.25, 0.3) is 6.08 Å². The number of hydrogen-bond acceptors (Lipinski definition) is 4. The SMILES string of the molecule is C#CCOc1c(I)cc(/C=C2/NC(=O)N(C)C2=O)cc1OC. The number of rotatable bonds is 4. The molecule has 0 unspecified atom stereocenters. The van der Waals surface area contributed by atoms with E-state index < -0.39 is 6.03 Å². The van der Waals surface area contributed by atoms with E-state index in [1.54, 1.807) is 18.2 Å². The second kappa shape index (κ2) is 6.70. The molecule has 0 aromatic heterocycles. The lowest BCUT2D eigenvalue weighted by molar-refractivity contribution is -0.121. The molecule has 114 valence electrons. The summed E-state index contributed by atoms with van der Waals surface area (Å²) in [5.41, 5.74) is 0.913. The van der Waals surface area contributed by atoms with E-state index in [4.69, 9.17) is 15.9 Å². The zero-order valence-electron chi connectivity index (χ0n) is 12.0. The van der Waals surface area contributed by atoms with E-state index in [9.17, 15) is 9.59 Å². The van der Waals surface area contributed by atoms with E-state index in [0.717, 1.165) is 8.47 Å². The average Bonchev–Trinajstić information content (AvgIpc) is 2.73. The number of likely N-dealkylation sites (N-methyl/N-ethyl adjacent to an activating group) is 1. The van der Waals surface area contributed by atoms with Crippen LogP contribution in [-0.2, 0) is 4.79 Å². The molecule has 1 saturated heterocycles. The van der Waals surface area contributed by atoms with E-state index in [2.05, 4.69) is 33.8 Å². The molecule has 22 heavy (non-hydrogen) atoms. The molecule has 7 heteroatoms. The lowest BCUT2D eigenvalue weighted by Crippen LogP contribution is -2.25. The molecule has 0 atom stereocenters. The molecule has 3 amide bonds. The number of nitrogens with one attached hydrogen (secondary N) is 1. The molecule has 1 aliphatic rings. The van der Waals surface area contributed by atoms with Crippen LogP contribution in [0.2, 0.25) is 0 Å². The predicted molar refractivity (Wildman–Crippen MR) is 89.3 cm³/mol. The van der Waals surface area contributed by atoms with Crippen molar-refractivity contribution in [3.05, 3.63) is 27.0 Å². The largest absolute Gasteiger partial charge is 0.493 e. The van der Waals surface area contributed by atoms with E-state index in [-0.39, 0.29) is 18.2 Å². The van der Waals surface area contributed by atoms with Gasteiger partial charge in [-0.1, -0.05) is 5.92 Å². The number of benzene rings is 1. The Hall–Kier alpha value is -2.21. The molecule has 0 aliphatic carbocycles. The summed E-state index contributed by atoms with van der Waals surface area (Å²) in [6, 6.07) is 3.06. The van der Waals surface area contributed by atoms with Crippen molar-refractivity contribution in [3.8, 4) is 23.8 Å². The zero-order valence-corrected chi connectivity index (χ0v) is 14.1. The molecule has 0 radical (unpaired) electrons. The fourth-order valence-corrected chi connectivity index (χ4v) is 2.65. The summed E-state index contributed by atoms with van der Waals surface area (Å²) in [5.74, 6) is 3.05. The first-order valence-corrected chi connectivity index (χ1v) is 7.30. The van der Waals surface area contributed by atoms with Crippen molar-refractivity contribution in [1.82, 2.24) is 10.2 Å². The summed E-state index contributed by atoms with van der Waals surface area (Å²) in [7, 11) is 2.93. The van der Waals surface area contributed by atoms with Gasteiger partial charge in [-0.3, -0.25) is 9.69 Å². The van der Waals surface area contributed by atoms with Crippen molar-refractivity contribution in [1.29, 1.82) is 0 Å². The molecule has 0 spiro atoms. The highest BCUT2D eigenvalue weighted by Crippen LogP contribution is 2.34. The Morgan fingerprint density at radius 2 is 2.18 bits per heavy atom. The average molecular weight is 412 g/mol. The van der Waals surface area contributed by atoms with Crippen LogP contribution >= 0.6 is 22.6 Å². The van der Waals surface area contributed by atoms with Crippen LogP contribution in [-0.4, -0.2) is 37.6 Å². The van der Waals surface area contributed by atoms with Crippen molar-refractivity contribution in [3.63, 3.8) is 0 Å². The van der Waals surface area contributed by atoms with Gasteiger partial charge in [-0.15, -0.1) is 6.42 Å². The maximum Gasteiger partial charge on any atom is 0.328 e. The van der Waals surface area contributed by atoms with Gasteiger partial charge < -0.3 is 14.8 Å². The van der Waals surface area contributed by atoms with Gasteiger partial charge in [0.25, 0.3) is 5.91 Å². The van der Waals surface area contributed by atoms with Gasteiger partial charge in [0.1, 0.15) is 12.3 Å². The first kappa shape index (κ1) is 16.2. The van der Waals surface area contributed by atoms with Crippen LogP contribution in [0.15, 0.2) is 17.8 Å². The minimum Gasteiger partial charge on any atom is -0.493 e. The predicted octanol–water partition coefficient (Wildman–Crippen LogP) is 1.83. The van der Waals surface area contributed by atoms with Crippen molar-refractivity contribution in [2.45, 2.75) is 0 Å². The molecular formula is C15H13IN2O4. The summed E-state index contributed by atoms with van der Waals surface area (Å²) in [4.78, 5) is 24.3. The highest BCUT2D eigenvalue weighted by molar-refractivity contribution is 14.1. The number of terminal acetylenes is 1. The number of imide groups is 1. The van der Waals surface area contributed by atoms with Crippen molar-refractivity contribution >= 4 is 40.6 Å². The summed E-state index contributed by atoms with van der Waals surface area (Å²) >= 11 is 2.09. The topological polar surface area (TPSA) is 67.9 Å². The van der Waals surface area contributed by atoms with Crippen LogP contribution in [0.3, 0.4) is 0 Å². The Morgan fingerprint density at radius 3 is 2.73 bits per heavy atom. The fraction of sp³-hybridized carbons (Fsp3) is 0.200. The highest BCUT2D eigenvalue weighted by atomic mass is 127. The van der Waals surface area contributed by atoms with Crippen LogP contribution in [0, 0.1) is 15.9 Å². The number of urea groups is 1. The number of carbonyl (C=O) groups excluding carboxylic acids is 2. The molecule has 2 rings (SSSR count). The molecule has 6 nitrogen and oxygen atoms in total. The van der Waals surface area contributed by atoms with Gasteiger partial charge in [0, 0.05) is 7.05 Å². The Labute approximate surface area is 141 Å². The number of halogens is 1. The van der Waals surface area contributed by atoms with Gasteiger partial charge in [0.15, 0.2) is 11.5 Å². The summed E-state index contributed by atoms with van der Waals surface area (Å²) in [5, 5.41) is 2.51. The summed E-state index contributed by atoms with van der Waals surface area (Å²) < 4.78 is 11.5.